The van der Waals surface area contributed by atoms with Crippen molar-refractivity contribution in [3.8, 4) is 0 Å². The Kier molecular flexibility index (Phi) is 3.92. The van der Waals surface area contributed by atoms with Gasteiger partial charge in [-0.3, -0.25) is 4.79 Å². The van der Waals surface area contributed by atoms with Crippen molar-refractivity contribution in [1.29, 1.82) is 0 Å². The molecule has 1 N–H and O–H groups in total. The second-order valence-corrected chi connectivity index (χ2v) is 6.30. The van der Waals surface area contributed by atoms with Crippen molar-refractivity contribution in [3.05, 3.63) is 0 Å². The van der Waals surface area contributed by atoms with E-state index in [1.54, 1.807) is 6.92 Å². The van der Waals surface area contributed by atoms with Gasteiger partial charge in [-0.05, 0) is 14.0 Å². The van der Waals surface area contributed by atoms with Crippen LogP contribution in [0, 0.1) is 0 Å². The average molecular weight is 250 g/mol. The standard InChI is InChI=1S/C9H18N2O4S/c1-7-5-10(2)6-8(4-9(12)13)11(7)16(3,14)15/h7-8H,4-6H2,1-3H3,(H,12,13)/t7-,8+/m0/s1. The van der Waals surface area contributed by atoms with E-state index in [0.717, 1.165) is 6.26 Å². The lowest BCUT2D eigenvalue weighted by molar-refractivity contribution is -0.138. The molecule has 6 nitrogen and oxygen atoms in total. The first-order valence-corrected chi connectivity index (χ1v) is 6.95. The maximum atomic E-state index is 11.6. The van der Waals surface area contributed by atoms with Crippen molar-refractivity contribution in [2.75, 3.05) is 26.4 Å². The summed E-state index contributed by atoms with van der Waals surface area (Å²) in [6.07, 6.45) is 0.978. The summed E-state index contributed by atoms with van der Waals surface area (Å²) < 4.78 is 24.5. The molecule has 1 heterocycles. The number of carbonyl (C=O) groups is 1. The fourth-order valence-corrected chi connectivity index (χ4v) is 3.76. The molecule has 1 aliphatic heterocycles. The van der Waals surface area contributed by atoms with Crippen LogP contribution in [0.3, 0.4) is 0 Å². The van der Waals surface area contributed by atoms with E-state index >= 15 is 0 Å². The molecule has 1 rings (SSSR count). The van der Waals surface area contributed by atoms with Crippen molar-refractivity contribution >= 4 is 16.0 Å². The van der Waals surface area contributed by atoms with Gasteiger partial charge >= 0.3 is 5.97 Å². The van der Waals surface area contributed by atoms with Crippen LogP contribution in [-0.2, 0) is 14.8 Å². The van der Waals surface area contributed by atoms with Crippen LogP contribution in [0.4, 0.5) is 0 Å². The lowest BCUT2D eigenvalue weighted by atomic mass is 10.1. The average Bonchev–Trinajstić information content (AvgIpc) is 1.96. The number of rotatable bonds is 3. The van der Waals surface area contributed by atoms with Gasteiger partial charge in [0.25, 0.3) is 0 Å². The second-order valence-electron chi connectivity index (χ2n) is 4.41. The van der Waals surface area contributed by atoms with Gasteiger partial charge in [-0.1, -0.05) is 0 Å². The van der Waals surface area contributed by atoms with E-state index in [9.17, 15) is 13.2 Å². The molecule has 0 saturated carbocycles. The highest BCUT2D eigenvalue weighted by molar-refractivity contribution is 7.88. The molecule has 0 radical (unpaired) electrons. The van der Waals surface area contributed by atoms with Gasteiger partial charge < -0.3 is 10.0 Å². The lowest BCUT2D eigenvalue weighted by Crippen LogP contribution is -2.58. The number of carboxylic acid groups (broad SMARTS) is 1. The van der Waals surface area contributed by atoms with Crippen molar-refractivity contribution < 1.29 is 18.3 Å². The van der Waals surface area contributed by atoms with E-state index in [1.165, 1.54) is 4.31 Å². The summed E-state index contributed by atoms with van der Waals surface area (Å²) in [5, 5.41) is 8.78. The maximum Gasteiger partial charge on any atom is 0.305 e. The predicted molar refractivity (Wildman–Crippen MR) is 59.7 cm³/mol. The van der Waals surface area contributed by atoms with Gasteiger partial charge in [-0.2, -0.15) is 4.31 Å². The van der Waals surface area contributed by atoms with Gasteiger partial charge in [-0.15, -0.1) is 0 Å². The van der Waals surface area contributed by atoms with Crippen LogP contribution in [0.5, 0.6) is 0 Å². The Bertz CT molecular complexity index is 368. The Morgan fingerprint density at radius 2 is 2.00 bits per heavy atom. The summed E-state index contributed by atoms with van der Waals surface area (Å²) in [6, 6.07) is -0.653. The number of likely N-dealkylation sites (N-methyl/N-ethyl adjacent to an activating group) is 1. The van der Waals surface area contributed by atoms with E-state index in [1.807, 2.05) is 11.9 Å². The van der Waals surface area contributed by atoms with E-state index < -0.39 is 22.0 Å². The van der Waals surface area contributed by atoms with E-state index in [2.05, 4.69) is 0 Å². The number of piperazine rings is 1. The van der Waals surface area contributed by atoms with E-state index in [4.69, 9.17) is 5.11 Å². The molecule has 0 spiro atoms. The summed E-state index contributed by atoms with van der Waals surface area (Å²) in [5.74, 6) is -0.971. The molecule has 0 aromatic heterocycles. The minimum absolute atomic E-state index is 0.151. The minimum Gasteiger partial charge on any atom is -0.481 e. The first-order valence-electron chi connectivity index (χ1n) is 5.10. The minimum atomic E-state index is -3.35. The number of hydrogen-bond acceptors (Lipinski definition) is 4. The molecule has 94 valence electrons. The Balaban J connectivity index is 2.94. The maximum absolute atomic E-state index is 11.6. The van der Waals surface area contributed by atoms with E-state index in [0.29, 0.717) is 13.1 Å². The fraction of sp³-hybridized carbons (Fsp3) is 0.889. The number of aliphatic carboxylic acids is 1. The zero-order valence-electron chi connectivity index (χ0n) is 9.75. The Hall–Kier alpha value is -0.660. The number of sulfonamides is 1. The van der Waals surface area contributed by atoms with Crippen LogP contribution in [-0.4, -0.2) is 67.2 Å². The molecule has 1 saturated heterocycles. The normalized spacial score (nSPS) is 29.2. The number of carboxylic acids is 1. The van der Waals surface area contributed by atoms with Crippen LogP contribution in [0.25, 0.3) is 0 Å². The predicted octanol–water partition coefficient (Wildman–Crippen LogP) is -0.575. The van der Waals surface area contributed by atoms with Gasteiger partial charge in [0, 0.05) is 25.2 Å². The molecule has 0 bridgehead atoms. The largest absolute Gasteiger partial charge is 0.481 e. The first-order chi connectivity index (χ1) is 7.21. The molecule has 0 aliphatic carbocycles. The van der Waals surface area contributed by atoms with Gasteiger partial charge in [0.15, 0.2) is 0 Å². The fourth-order valence-electron chi connectivity index (χ4n) is 2.36. The topological polar surface area (TPSA) is 77.9 Å². The number of nitrogens with zero attached hydrogens (tertiary/aromatic N) is 2. The highest BCUT2D eigenvalue weighted by atomic mass is 32.2. The molecule has 0 amide bonds. The summed E-state index contributed by atoms with van der Waals surface area (Å²) in [4.78, 5) is 12.7. The van der Waals surface area contributed by atoms with Crippen LogP contribution in [0.2, 0.25) is 0 Å². The molecule has 1 aliphatic rings. The summed E-state index contributed by atoms with van der Waals surface area (Å²) in [7, 11) is -1.48. The van der Waals surface area contributed by atoms with E-state index in [-0.39, 0.29) is 12.5 Å². The zero-order valence-corrected chi connectivity index (χ0v) is 10.6. The molecular formula is C9H18N2O4S. The second kappa shape index (κ2) is 4.68. The molecular weight excluding hydrogens is 232 g/mol. The highest BCUT2D eigenvalue weighted by Crippen LogP contribution is 2.20. The zero-order chi connectivity index (χ0) is 12.5. The highest BCUT2D eigenvalue weighted by Gasteiger charge is 2.37. The third-order valence-corrected chi connectivity index (χ3v) is 4.11. The van der Waals surface area contributed by atoms with Gasteiger partial charge in [-0.25, -0.2) is 8.42 Å². The van der Waals surface area contributed by atoms with Crippen molar-refractivity contribution in [3.63, 3.8) is 0 Å². The van der Waals surface area contributed by atoms with Gasteiger partial charge in [0.05, 0.1) is 12.7 Å². The molecule has 0 aromatic rings. The summed E-state index contributed by atoms with van der Waals surface area (Å²) in [6.45, 7) is 2.89. The first kappa shape index (κ1) is 13.4. The van der Waals surface area contributed by atoms with Crippen molar-refractivity contribution in [2.24, 2.45) is 0 Å². The Labute approximate surface area is 95.9 Å². The quantitative estimate of drug-likeness (QED) is 0.725. The van der Waals surface area contributed by atoms with Crippen LogP contribution >= 0.6 is 0 Å². The lowest BCUT2D eigenvalue weighted by Gasteiger charge is -2.42. The van der Waals surface area contributed by atoms with Gasteiger partial charge in [0.1, 0.15) is 0 Å². The monoisotopic (exact) mass is 250 g/mol. The SMILES string of the molecule is C[C@H]1CN(C)C[C@@H](CC(=O)O)N1S(C)(=O)=O. The van der Waals surface area contributed by atoms with Crippen LogP contribution < -0.4 is 0 Å². The van der Waals surface area contributed by atoms with Crippen LogP contribution in [0.15, 0.2) is 0 Å². The molecule has 2 atom stereocenters. The molecule has 0 aromatic carbocycles. The molecule has 1 fully saturated rings. The van der Waals surface area contributed by atoms with Gasteiger partial charge in [0.2, 0.25) is 10.0 Å². The molecule has 7 heteroatoms. The van der Waals surface area contributed by atoms with Crippen molar-refractivity contribution in [1.82, 2.24) is 9.21 Å². The Morgan fingerprint density at radius 3 is 2.44 bits per heavy atom. The third kappa shape index (κ3) is 3.16. The molecule has 16 heavy (non-hydrogen) atoms. The summed E-state index contributed by atoms with van der Waals surface area (Å²) in [5.41, 5.74) is 0. The third-order valence-electron chi connectivity index (χ3n) is 2.69. The summed E-state index contributed by atoms with van der Waals surface area (Å²) >= 11 is 0. The molecule has 0 unspecified atom stereocenters. The van der Waals surface area contributed by atoms with Crippen molar-refractivity contribution in [2.45, 2.75) is 25.4 Å². The van der Waals surface area contributed by atoms with Crippen LogP contribution in [0.1, 0.15) is 13.3 Å². The number of hydrogen-bond donors (Lipinski definition) is 1. The smallest absolute Gasteiger partial charge is 0.305 e. The Morgan fingerprint density at radius 1 is 1.44 bits per heavy atom.